The second-order valence-corrected chi connectivity index (χ2v) is 8.43. The molecular weight excluding hydrogens is 388 g/mol. The van der Waals surface area contributed by atoms with E-state index in [1.54, 1.807) is 13.8 Å². The number of nitrogens with one attached hydrogen (secondary N) is 4. The second kappa shape index (κ2) is 7.75. The lowest BCUT2D eigenvalue weighted by molar-refractivity contribution is -0.120. The van der Waals surface area contributed by atoms with E-state index in [1.807, 2.05) is 20.8 Å². The summed E-state index contributed by atoms with van der Waals surface area (Å²) in [5, 5.41) is 0. The fourth-order valence-corrected chi connectivity index (χ4v) is 4.57. The quantitative estimate of drug-likeness (QED) is 0.440. The summed E-state index contributed by atoms with van der Waals surface area (Å²) >= 11 is 4.84. The topological polar surface area (TPSA) is 124 Å². The number of amides is 1. The zero-order valence-electron chi connectivity index (χ0n) is 15.7. The number of aromatic amines is 2. The van der Waals surface area contributed by atoms with Crippen LogP contribution in [0, 0.1) is 39.4 Å². The van der Waals surface area contributed by atoms with Crippen LogP contribution in [0.1, 0.15) is 33.5 Å². The highest BCUT2D eigenvalue weighted by Crippen LogP contribution is 2.29. The summed E-state index contributed by atoms with van der Waals surface area (Å²) in [5.74, 6) is -0.634. The molecule has 2 rings (SSSR count). The molecule has 10 heteroatoms. The van der Waals surface area contributed by atoms with Crippen LogP contribution < -0.4 is 15.8 Å². The highest BCUT2D eigenvalue weighted by molar-refractivity contribution is 7.89. The van der Waals surface area contributed by atoms with Crippen LogP contribution in [0.5, 0.6) is 0 Å². The number of benzene rings is 1. The van der Waals surface area contributed by atoms with E-state index >= 15 is 0 Å². The summed E-state index contributed by atoms with van der Waals surface area (Å²) in [6, 6.07) is 1.19. The van der Waals surface area contributed by atoms with Crippen LogP contribution in [-0.4, -0.2) is 24.3 Å². The van der Waals surface area contributed by atoms with Gasteiger partial charge in [0.05, 0.1) is 11.3 Å². The molecule has 0 saturated carbocycles. The van der Waals surface area contributed by atoms with Gasteiger partial charge in [-0.1, -0.05) is 0 Å². The Morgan fingerprint density at radius 1 is 1.00 bits per heavy atom. The van der Waals surface area contributed by atoms with Crippen LogP contribution in [0.3, 0.4) is 0 Å². The van der Waals surface area contributed by atoms with Crippen LogP contribution in [0.15, 0.2) is 15.8 Å². The Labute approximate surface area is 162 Å². The first kappa shape index (κ1) is 21.0. The number of sulfonamides is 1. The minimum absolute atomic E-state index is 0.0859. The van der Waals surface area contributed by atoms with E-state index in [0.717, 1.165) is 16.7 Å². The molecule has 1 amide bonds. The molecule has 2 aromatic rings. The summed E-state index contributed by atoms with van der Waals surface area (Å²) in [4.78, 5) is 30.7. The summed E-state index contributed by atoms with van der Waals surface area (Å²) in [6.07, 6.45) is -0.236. The van der Waals surface area contributed by atoms with Crippen molar-refractivity contribution < 1.29 is 13.2 Å². The fourth-order valence-electron chi connectivity index (χ4n) is 2.88. The van der Waals surface area contributed by atoms with Crippen molar-refractivity contribution >= 4 is 28.1 Å². The molecule has 8 nitrogen and oxygen atoms in total. The highest BCUT2D eigenvalue weighted by Gasteiger charge is 2.24. The molecule has 1 aromatic heterocycles. The zero-order valence-corrected chi connectivity index (χ0v) is 17.4. The van der Waals surface area contributed by atoms with E-state index in [9.17, 15) is 18.0 Å². The minimum Gasteiger partial charge on any atom is -0.335 e. The molecule has 0 aliphatic heterocycles. The SMILES string of the molecule is Cc1c(C)c(C)c(S(=O)(=O)NNC(=O)Cc2cc(=O)[nH]c(=S)[nH]2)c(C)c1C. The number of rotatable bonds is 5. The van der Waals surface area contributed by atoms with Crippen molar-refractivity contribution in [3.8, 4) is 0 Å². The van der Waals surface area contributed by atoms with Gasteiger partial charge in [-0.15, -0.1) is 4.83 Å². The molecule has 4 N–H and O–H groups in total. The Bertz CT molecular complexity index is 1070. The molecule has 0 saturated heterocycles. The Balaban J connectivity index is 2.24. The Morgan fingerprint density at radius 2 is 1.52 bits per heavy atom. The molecule has 1 aromatic carbocycles. The van der Waals surface area contributed by atoms with E-state index in [0.29, 0.717) is 11.1 Å². The largest absolute Gasteiger partial charge is 0.335 e. The average Bonchev–Trinajstić information content (AvgIpc) is 2.55. The van der Waals surface area contributed by atoms with Crippen molar-refractivity contribution in [3.05, 3.63) is 54.7 Å². The first-order valence-electron chi connectivity index (χ1n) is 8.14. The monoisotopic (exact) mass is 410 g/mol. The molecule has 146 valence electrons. The van der Waals surface area contributed by atoms with Gasteiger partial charge in [-0.05, 0) is 74.7 Å². The van der Waals surface area contributed by atoms with Gasteiger partial charge in [-0.3, -0.25) is 20.0 Å². The Hall–Kier alpha value is -2.30. The number of hydrogen-bond donors (Lipinski definition) is 4. The van der Waals surface area contributed by atoms with E-state index in [-0.39, 0.29) is 21.8 Å². The van der Waals surface area contributed by atoms with Gasteiger partial charge in [-0.25, -0.2) is 8.42 Å². The zero-order chi connectivity index (χ0) is 20.5. The van der Waals surface area contributed by atoms with Crippen molar-refractivity contribution in [2.45, 2.75) is 45.9 Å². The van der Waals surface area contributed by atoms with E-state index in [2.05, 4.69) is 20.2 Å². The van der Waals surface area contributed by atoms with Gasteiger partial charge in [-0.2, -0.15) is 0 Å². The predicted molar refractivity (Wildman–Crippen MR) is 105 cm³/mol. The third kappa shape index (κ3) is 4.52. The number of H-pyrrole nitrogens is 2. The van der Waals surface area contributed by atoms with Crippen LogP contribution in [0.2, 0.25) is 0 Å². The molecule has 0 bridgehead atoms. The first-order valence-corrected chi connectivity index (χ1v) is 10.0. The van der Waals surface area contributed by atoms with Crippen molar-refractivity contribution in [2.75, 3.05) is 0 Å². The maximum absolute atomic E-state index is 12.7. The van der Waals surface area contributed by atoms with Crippen molar-refractivity contribution in [1.29, 1.82) is 0 Å². The number of hydrogen-bond acceptors (Lipinski definition) is 5. The lowest BCUT2D eigenvalue weighted by Gasteiger charge is -2.19. The smallest absolute Gasteiger partial charge is 0.257 e. The van der Waals surface area contributed by atoms with Gasteiger partial charge >= 0.3 is 0 Å². The van der Waals surface area contributed by atoms with Crippen LogP contribution >= 0.6 is 12.2 Å². The average molecular weight is 411 g/mol. The molecule has 0 atom stereocenters. The predicted octanol–water partition coefficient (Wildman–Crippen LogP) is 1.53. The van der Waals surface area contributed by atoms with Crippen molar-refractivity contribution in [2.24, 2.45) is 0 Å². The standard InChI is InChI=1S/C17H22N4O4S2/c1-8-9(2)11(4)16(12(5)10(8)3)27(24,25)21-20-15(23)7-13-6-14(22)19-17(26)18-13/h6,21H,7H2,1-5H3,(H,20,23)(H2,18,19,22,26). The summed E-state index contributed by atoms with van der Waals surface area (Å²) in [7, 11) is -3.97. The van der Waals surface area contributed by atoms with Gasteiger partial charge in [0.2, 0.25) is 5.91 Å². The lowest BCUT2D eigenvalue weighted by Crippen LogP contribution is -2.43. The summed E-state index contributed by atoms with van der Waals surface area (Å²) in [5.41, 5.74) is 6.09. The lowest BCUT2D eigenvalue weighted by atomic mass is 9.95. The summed E-state index contributed by atoms with van der Waals surface area (Å²) < 4.78 is 25.6. The van der Waals surface area contributed by atoms with E-state index < -0.39 is 21.5 Å². The Morgan fingerprint density at radius 3 is 2.04 bits per heavy atom. The molecule has 0 aliphatic carbocycles. The maximum Gasteiger partial charge on any atom is 0.257 e. The van der Waals surface area contributed by atoms with Gasteiger partial charge in [0.15, 0.2) is 4.77 Å². The van der Waals surface area contributed by atoms with Gasteiger partial charge in [0, 0.05) is 11.8 Å². The molecule has 0 spiro atoms. The minimum atomic E-state index is -3.97. The van der Waals surface area contributed by atoms with Gasteiger partial charge < -0.3 is 4.98 Å². The Kier molecular flexibility index (Phi) is 6.03. The van der Waals surface area contributed by atoms with Gasteiger partial charge in [0.1, 0.15) is 0 Å². The van der Waals surface area contributed by atoms with Crippen molar-refractivity contribution in [1.82, 2.24) is 20.2 Å². The molecule has 0 unspecified atom stereocenters. The molecule has 0 radical (unpaired) electrons. The number of hydrazine groups is 1. The first-order chi connectivity index (χ1) is 12.4. The third-order valence-corrected chi connectivity index (χ3v) is 6.42. The number of carbonyl (C=O) groups is 1. The normalized spacial score (nSPS) is 11.4. The van der Waals surface area contributed by atoms with Gasteiger partial charge in [0.25, 0.3) is 15.6 Å². The molecule has 1 heterocycles. The highest BCUT2D eigenvalue weighted by atomic mass is 32.2. The third-order valence-electron chi connectivity index (χ3n) is 4.69. The molecule has 0 aliphatic rings. The number of aromatic nitrogens is 2. The summed E-state index contributed by atoms with van der Waals surface area (Å²) in [6.45, 7) is 9.15. The second-order valence-electron chi connectivity index (χ2n) is 6.40. The van der Waals surface area contributed by atoms with E-state index in [4.69, 9.17) is 12.2 Å². The van der Waals surface area contributed by atoms with Crippen LogP contribution in [-0.2, 0) is 21.2 Å². The van der Waals surface area contributed by atoms with Crippen molar-refractivity contribution in [3.63, 3.8) is 0 Å². The molecule has 0 fully saturated rings. The number of carbonyl (C=O) groups excluding carboxylic acids is 1. The fraction of sp³-hybridized carbons (Fsp3) is 0.353. The van der Waals surface area contributed by atoms with Crippen LogP contribution in [0.25, 0.3) is 0 Å². The molecule has 27 heavy (non-hydrogen) atoms. The molecular formula is C17H22N4O4S2. The maximum atomic E-state index is 12.7. The van der Waals surface area contributed by atoms with E-state index in [1.165, 1.54) is 6.07 Å². The van der Waals surface area contributed by atoms with Crippen LogP contribution in [0.4, 0.5) is 0 Å².